The van der Waals surface area contributed by atoms with Gasteiger partial charge in [-0.15, -0.1) is 11.3 Å². The van der Waals surface area contributed by atoms with Crippen LogP contribution < -0.4 is 5.73 Å². The fraction of sp³-hybridized carbons (Fsp3) is 0.500. The average Bonchev–Trinajstić information content (AvgIpc) is 2.86. The highest BCUT2D eigenvalue weighted by atomic mass is 32.2. The molecule has 1 aromatic carbocycles. The monoisotopic (exact) mass is 296 g/mol. The van der Waals surface area contributed by atoms with Crippen LogP contribution >= 0.6 is 23.1 Å². The molecule has 0 bridgehead atoms. The number of nitrogens with two attached hydrogens (primary N) is 1. The molecule has 0 saturated carbocycles. The van der Waals surface area contributed by atoms with Crippen molar-refractivity contribution in [2.24, 2.45) is 5.73 Å². The lowest BCUT2D eigenvalue weighted by Crippen LogP contribution is -2.42. The van der Waals surface area contributed by atoms with Gasteiger partial charge in [0, 0.05) is 11.3 Å². The van der Waals surface area contributed by atoms with Crippen molar-refractivity contribution >= 4 is 33.3 Å². The van der Waals surface area contributed by atoms with E-state index in [2.05, 4.69) is 11.1 Å². The van der Waals surface area contributed by atoms with Crippen molar-refractivity contribution in [3.05, 3.63) is 24.3 Å². The molecule has 19 heavy (non-hydrogen) atoms. The van der Waals surface area contributed by atoms with Gasteiger partial charge in [0.1, 0.15) is 0 Å². The highest BCUT2D eigenvalue weighted by Gasteiger charge is 2.20. The molecule has 3 nitrogen and oxygen atoms in total. The predicted octanol–water partition coefficient (Wildman–Crippen LogP) is 3.27. The van der Waals surface area contributed by atoms with Gasteiger partial charge in [0.15, 0.2) is 4.34 Å². The molecule has 1 heterocycles. The maximum atomic E-state index is 9.25. The molecule has 1 atom stereocenters. The number of benzene rings is 1. The van der Waals surface area contributed by atoms with E-state index in [0.717, 1.165) is 34.9 Å². The number of thiazole rings is 1. The second kappa shape index (κ2) is 6.70. The van der Waals surface area contributed by atoms with E-state index in [-0.39, 0.29) is 6.61 Å². The van der Waals surface area contributed by atoms with Crippen molar-refractivity contribution in [1.29, 1.82) is 0 Å². The molecule has 0 spiro atoms. The van der Waals surface area contributed by atoms with E-state index in [0.29, 0.717) is 0 Å². The number of fused-ring (bicyclic) bond motifs is 1. The summed E-state index contributed by atoms with van der Waals surface area (Å²) in [5.41, 5.74) is 6.73. The summed E-state index contributed by atoms with van der Waals surface area (Å²) in [4.78, 5) is 4.59. The molecule has 104 valence electrons. The number of hydrogen-bond acceptors (Lipinski definition) is 5. The highest BCUT2D eigenvalue weighted by molar-refractivity contribution is 8.01. The van der Waals surface area contributed by atoms with Gasteiger partial charge in [-0.25, -0.2) is 4.98 Å². The molecule has 3 N–H and O–H groups in total. The summed E-state index contributed by atoms with van der Waals surface area (Å²) in [5, 5.41) is 9.25. The number of aliphatic hydroxyl groups is 1. The highest BCUT2D eigenvalue weighted by Crippen LogP contribution is 2.30. The zero-order valence-electron chi connectivity index (χ0n) is 11.1. The Balaban J connectivity index is 1.83. The molecule has 0 saturated heterocycles. The maximum absolute atomic E-state index is 9.25. The minimum absolute atomic E-state index is 0.0648. The third-order valence-corrected chi connectivity index (χ3v) is 5.60. The quantitative estimate of drug-likeness (QED) is 0.608. The summed E-state index contributed by atoms with van der Waals surface area (Å²) < 4.78 is 2.35. The molecule has 0 aliphatic heterocycles. The van der Waals surface area contributed by atoms with Gasteiger partial charge < -0.3 is 10.8 Å². The molecule has 1 aromatic heterocycles. The van der Waals surface area contributed by atoms with Crippen LogP contribution in [0.1, 0.15) is 26.2 Å². The second-order valence-corrected chi connectivity index (χ2v) is 7.15. The standard InChI is InChI=1S/C14H20N2OS2/c1-2-14(15,10-17)8-5-9-18-13-16-11-6-3-4-7-12(11)19-13/h3-4,6-7,17H,2,5,8-10,15H2,1H3. The molecule has 0 fully saturated rings. The van der Waals surface area contributed by atoms with Crippen LogP contribution in [0.15, 0.2) is 28.6 Å². The Bertz CT molecular complexity index is 490. The molecule has 1 unspecified atom stereocenters. The Morgan fingerprint density at radius 1 is 1.42 bits per heavy atom. The van der Waals surface area contributed by atoms with E-state index in [1.165, 1.54) is 4.70 Å². The first-order valence-electron chi connectivity index (χ1n) is 6.55. The van der Waals surface area contributed by atoms with Gasteiger partial charge in [-0.3, -0.25) is 0 Å². The molecular formula is C14H20N2OS2. The van der Waals surface area contributed by atoms with Gasteiger partial charge in [-0.2, -0.15) is 0 Å². The van der Waals surface area contributed by atoms with Crippen LogP contribution in [0.4, 0.5) is 0 Å². The Morgan fingerprint density at radius 2 is 2.21 bits per heavy atom. The number of rotatable bonds is 7. The van der Waals surface area contributed by atoms with Gasteiger partial charge in [0.25, 0.3) is 0 Å². The van der Waals surface area contributed by atoms with Crippen LogP contribution in [-0.2, 0) is 0 Å². The average molecular weight is 296 g/mol. The van der Waals surface area contributed by atoms with Crippen molar-refractivity contribution in [1.82, 2.24) is 4.98 Å². The van der Waals surface area contributed by atoms with Crippen LogP contribution in [0, 0.1) is 0 Å². The Kier molecular flexibility index (Phi) is 5.21. The van der Waals surface area contributed by atoms with Crippen LogP contribution in [0.25, 0.3) is 10.2 Å². The van der Waals surface area contributed by atoms with Crippen molar-refractivity contribution in [3.63, 3.8) is 0 Å². The van der Waals surface area contributed by atoms with E-state index in [9.17, 15) is 5.11 Å². The van der Waals surface area contributed by atoms with Gasteiger partial charge in [-0.05, 0) is 31.4 Å². The van der Waals surface area contributed by atoms with Crippen LogP contribution in [-0.4, -0.2) is 28.0 Å². The van der Waals surface area contributed by atoms with E-state index in [1.807, 2.05) is 25.1 Å². The van der Waals surface area contributed by atoms with Crippen molar-refractivity contribution in [2.75, 3.05) is 12.4 Å². The number of hydrogen-bond donors (Lipinski definition) is 2. The van der Waals surface area contributed by atoms with Crippen LogP contribution in [0.2, 0.25) is 0 Å². The Labute approximate surface area is 122 Å². The minimum Gasteiger partial charge on any atom is -0.394 e. The molecule has 0 aliphatic carbocycles. The first-order valence-corrected chi connectivity index (χ1v) is 8.35. The van der Waals surface area contributed by atoms with Gasteiger partial charge in [-0.1, -0.05) is 30.8 Å². The fourth-order valence-corrected chi connectivity index (χ4v) is 3.94. The SMILES string of the molecule is CCC(N)(CO)CCCSc1nc2ccccc2s1. The number of nitrogens with zero attached hydrogens (tertiary/aromatic N) is 1. The molecule has 2 rings (SSSR count). The van der Waals surface area contributed by atoms with E-state index >= 15 is 0 Å². The lowest BCUT2D eigenvalue weighted by atomic mass is 9.93. The van der Waals surface area contributed by atoms with Crippen LogP contribution in [0.3, 0.4) is 0 Å². The number of aromatic nitrogens is 1. The smallest absolute Gasteiger partial charge is 0.151 e. The van der Waals surface area contributed by atoms with Crippen molar-refractivity contribution < 1.29 is 5.11 Å². The van der Waals surface area contributed by atoms with E-state index in [4.69, 9.17) is 5.73 Å². The zero-order valence-corrected chi connectivity index (χ0v) is 12.8. The maximum Gasteiger partial charge on any atom is 0.151 e. The molecule has 0 radical (unpaired) electrons. The first-order chi connectivity index (χ1) is 9.17. The topological polar surface area (TPSA) is 59.1 Å². The summed E-state index contributed by atoms with van der Waals surface area (Å²) in [7, 11) is 0. The second-order valence-electron chi connectivity index (χ2n) is 4.77. The zero-order chi connectivity index (χ0) is 13.7. The summed E-state index contributed by atoms with van der Waals surface area (Å²) in [5.74, 6) is 0.999. The lowest BCUT2D eigenvalue weighted by molar-refractivity contribution is 0.182. The lowest BCUT2D eigenvalue weighted by Gasteiger charge is -2.25. The largest absolute Gasteiger partial charge is 0.394 e. The summed E-state index contributed by atoms with van der Waals surface area (Å²) in [6, 6.07) is 8.20. The summed E-state index contributed by atoms with van der Waals surface area (Å²) in [6.45, 7) is 2.09. The summed E-state index contributed by atoms with van der Waals surface area (Å²) >= 11 is 3.52. The van der Waals surface area contributed by atoms with Gasteiger partial charge in [0.2, 0.25) is 0 Å². The van der Waals surface area contributed by atoms with E-state index in [1.54, 1.807) is 23.1 Å². The molecule has 0 aliphatic rings. The van der Waals surface area contributed by atoms with Crippen molar-refractivity contribution in [2.45, 2.75) is 36.1 Å². The van der Waals surface area contributed by atoms with Gasteiger partial charge >= 0.3 is 0 Å². The third-order valence-electron chi connectivity index (χ3n) is 3.34. The Hall–Kier alpha value is -0.620. The third kappa shape index (κ3) is 3.92. The molecule has 5 heteroatoms. The molecular weight excluding hydrogens is 276 g/mol. The number of thioether (sulfide) groups is 1. The van der Waals surface area contributed by atoms with E-state index < -0.39 is 5.54 Å². The normalized spacial score (nSPS) is 14.7. The van der Waals surface area contributed by atoms with Gasteiger partial charge in [0.05, 0.1) is 16.8 Å². The Morgan fingerprint density at radius 3 is 2.89 bits per heavy atom. The minimum atomic E-state index is -0.409. The predicted molar refractivity (Wildman–Crippen MR) is 83.9 cm³/mol. The van der Waals surface area contributed by atoms with Crippen molar-refractivity contribution in [3.8, 4) is 0 Å². The number of para-hydroxylation sites is 1. The molecule has 2 aromatic rings. The van der Waals surface area contributed by atoms with Crippen LogP contribution in [0.5, 0.6) is 0 Å². The molecule has 0 amide bonds. The fourth-order valence-electron chi connectivity index (χ4n) is 1.86. The summed E-state index contributed by atoms with van der Waals surface area (Å²) in [6.07, 6.45) is 2.68. The first kappa shape index (κ1) is 14.8. The number of aliphatic hydroxyl groups excluding tert-OH is 1.